The highest BCUT2D eigenvalue weighted by Gasteiger charge is 2.08. The second-order valence-corrected chi connectivity index (χ2v) is 2.54. The number of nitrogens with one attached hydrogen (secondary N) is 1. The lowest BCUT2D eigenvalue weighted by Gasteiger charge is -2.06. The molecule has 0 aliphatic rings. The van der Waals surface area contributed by atoms with Crippen molar-refractivity contribution in [3.8, 4) is 0 Å². The van der Waals surface area contributed by atoms with Crippen LogP contribution in [0, 0.1) is 0 Å². The van der Waals surface area contributed by atoms with Crippen LogP contribution in [0.25, 0.3) is 0 Å². The first kappa shape index (κ1) is 9.03. The Morgan fingerprint density at radius 2 is 2.50 bits per heavy atom. The molecule has 66 valence electrons. The molecule has 0 aliphatic carbocycles. The molecule has 0 spiro atoms. The van der Waals surface area contributed by atoms with E-state index in [-0.39, 0.29) is 6.04 Å². The Hall–Kier alpha value is -1.06. The molecule has 1 atom stereocenters. The van der Waals surface area contributed by atoms with E-state index in [0.717, 1.165) is 17.9 Å². The fourth-order valence-electron chi connectivity index (χ4n) is 1.02. The molecule has 3 N–H and O–H groups in total. The van der Waals surface area contributed by atoms with Crippen molar-refractivity contribution in [1.82, 2.24) is 5.43 Å². The van der Waals surface area contributed by atoms with Gasteiger partial charge in [-0.3, -0.25) is 5.84 Å². The Morgan fingerprint density at radius 3 is 2.92 bits per heavy atom. The zero-order valence-corrected chi connectivity index (χ0v) is 7.21. The molecule has 3 heteroatoms. The number of furan rings is 1. The molecule has 3 nitrogen and oxygen atoms in total. The van der Waals surface area contributed by atoms with Crippen LogP contribution in [0.15, 0.2) is 29.2 Å². The van der Waals surface area contributed by atoms with Gasteiger partial charge in [0.25, 0.3) is 0 Å². The van der Waals surface area contributed by atoms with Crippen LogP contribution in [0.1, 0.15) is 24.5 Å². The summed E-state index contributed by atoms with van der Waals surface area (Å²) in [5.41, 5.74) is 2.59. The van der Waals surface area contributed by atoms with E-state index in [4.69, 9.17) is 10.3 Å². The number of hydrogen-bond donors (Lipinski definition) is 2. The number of hydrogen-bond acceptors (Lipinski definition) is 3. The van der Waals surface area contributed by atoms with E-state index in [0.29, 0.717) is 0 Å². The molecule has 0 bridgehead atoms. The smallest absolute Gasteiger partial charge is 0.126 e. The van der Waals surface area contributed by atoms with Gasteiger partial charge in [0.2, 0.25) is 0 Å². The van der Waals surface area contributed by atoms with Crippen molar-refractivity contribution >= 4 is 0 Å². The molecule has 0 fully saturated rings. The molecule has 0 aromatic carbocycles. The Bertz CT molecular complexity index is 255. The van der Waals surface area contributed by atoms with Crippen LogP contribution in [0.3, 0.4) is 0 Å². The van der Waals surface area contributed by atoms with Crippen molar-refractivity contribution in [2.24, 2.45) is 5.84 Å². The summed E-state index contributed by atoms with van der Waals surface area (Å²) in [6.07, 6.45) is 2.60. The lowest BCUT2D eigenvalue weighted by atomic mass is 10.2. The number of hydrazine groups is 1. The van der Waals surface area contributed by atoms with Crippen molar-refractivity contribution in [3.63, 3.8) is 0 Å². The van der Waals surface area contributed by atoms with E-state index in [1.807, 2.05) is 19.1 Å². The molecule has 0 aliphatic heterocycles. The van der Waals surface area contributed by atoms with E-state index < -0.39 is 0 Å². The predicted molar refractivity (Wildman–Crippen MR) is 48.3 cm³/mol. The Balaban J connectivity index is 2.79. The Kier molecular flexibility index (Phi) is 3.08. The molecule has 1 heterocycles. The van der Waals surface area contributed by atoms with Gasteiger partial charge in [0, 0.05) is 6.42 Å². The summed E-state index contributed by atoms with van der Waals surface area (Å²) >= 11 is 0. The van der Waals surface area contributed by atoms with E-state index in [2.05, 4.69) is 12.0 Å². The summed E-state index contributed by atoms with van der Waals surface area (Å²) in [5, 5.41) is 0. The summed E-state index contributed by atoms with van der Waals surface area (Å²) < 4.78 is 5.46. The van der Waals surface area contributed by atoms with Crippen LogP contribution in [-0.2, 0) is 6.42 Å². The van der Waals surface area contributed by atoms with Crippen LogP contribution in [-0.4, -0.2) is 0 Å². The fraction of sp³-hybridized carbons (Fsp3) is 0.333. The highest BCUT2D eigenvalue weighted by atomic mass is 16.3. The van der Waals surface area contributed by atoms with E-state index in [1.54, 1.807) is 6.08 Å². The molecule has 0 saturated carbocycles. The van der Waals surface area contributed by atoms with E-state index in [1.165, 1.54) is 0 Å². The monoisotopic (exact) mass is 166 g/mol. The third-order valence-electron chi connectivity index (χ3n) is 1.75. The molecular weight excluding hydrogens is 152 g/mol. The maximum Gasteiger partial charge on any atom is 0.126 e. The van der Waals surface area contributed by atoms with Gasteiger partial charge in [-0.1, -0.05) is 13.0 Å². The third-order valence-corrected chi connectivity index (χ3v) is 1.75. The maximum absolute atomic E-state index is 5.46. The van der Waals surface area contributed by atoms with Crippen molar-refractivity contribution in [2.75, 3.05) is 0 Å². The normalized spacial score (nSPS) is 12.8. The van der Waals surface area contributed by atoms with Gasteiger partial charge in [-0.15, -0.1) is 6.58 Å². The first-order valence-electron chi connectivity index (χ1n) is 3.99. The summed E-state index contributed by atoms with van der Waals surface area (Å²) in [4.78, 5) is 0. The quantitative estimate of drug-likeness (QED) is 0.405. The molecule has 1 rings (SSSR count). The highest BCUT2D eigenvalue weighted by Crippen LogP contribution is 2.16. The molecule has 0 radical (unpaired) electrons. The van der Waals surface area contributed by atoms with Crippen LogP contribution in [0.4, 0.5) is 0 Å². The van der Waals surface area contributed by atoms with E-state index >= 15 is 0 Å². The highest BCUT2D eigenvalue weighted by molar-refractivity contribution is 5.14. The minimum atomic E-state index is -0.0923. The van der Waals surface area contributed by atoms with Gasteiger partial charge < -0.3 is 4.42 Å². The predicted octanol–water partition coefficient (Wildman–Crippen LogP) is 1.53. The van der Waals surface area contributed by atoms with Crippen molar-refractivity contribution in [2.45, 2.75) is 19.4 Å². The third kappa shape index (κ3) is 1.75. The standard InChI is InChI=1S/C9H14N2O/c1-3-7-5-6-9(12-7)8(4-2)11-10/h4-6,8,11H,2-3,10H2,1H3. The van der Waals surface area contributed by atoms with Crippen LogP contribution >= 0.6 is 0 Å². The molecule has 12 heavy (non-hydrogen) atoms. The van der Waals surface area contributed by atoms with Crippen LogP contribution in [0.5, 0.6) is 0 Å². The topological polar surface area (TPSA) is 51.2 Å². The minimum absolute atomic E-state index is 0.0923. The largest absolute Gasteiger partial charge is 0.464 e. The van der Waals surface area contributed by atoms with Gasteiger partial charge in [0.15, 0.2) is 0 Å². The first-order valence-corrected chi connectivity index (χ1v) is 3.99. The van der Waals surface area contributed by atoms with Gasteiger partial charge in [-0.05, 0) is 12.1 Å². The average molecular weight is 166 g/mol. The van der Waals surface area contributed by atoms with Gasteiger partial charge in [0.05, 0.1) is 6.04 Å². The molecular formula is C9H14N2O. The van der Waals surface area contributed by atoms with Crippen molar-refractivity contribution in [1.29, 1.82) is 0 Å². The first-order chi connectivity index (χ1) is 5.81. The number of rotatable bonds is 4. The summed E-state index contributed by atoms with van der Waals surface area (Å²) in [6, 6.07) is 3.76. The maximum atomic E-state index is 5.46. The average Bonchev–Trinajstić information content (AvgIpc) is 2.55. The van der Waals surface area contributed by atoms with E-state index in [9.17, 15) is 0 Å². The number of nitrogens with two attached hydrogens (primary N) is 1. The molecule has 0 amide bonds. The zero-order valence-electron chi connectivity index (χ0n) is 7.21. The molecule has 1 aromatic heterocycles. The fourth-order valence-corrected chi connectivity index (χ4v) is 1.02. The van der Waals surface area contributed by atoms with Gasteiger partial charge >= 0.3 is 0 Å². The SMILES string of the molecule is C=CC(NN)c1ccc(CC)o1. The van der Waals surface area contributed by atoms with Crippen LogP contribution in [0.2, 0.25) is 0 Å². The number of aryl methyl sites for hydroxylation is 1. The van der Waals surface area contributed by atoms with Gasteiger partial charge in [0.1, 0.15) is 11.5 Å². The Labute approximate surface area is 72.2 Å². The summed E-state index contributed by atoms with van der Waals surface area (Å²) in [5.74, 6) is 7.06. The minimum Gasteiger partial charge on any atom is -0.464 e. The summed E-state index contributed by atoms with van der Waals surface area (Å²) in [6.45, 7) is 5.68. The molecule has 1 aromatic rings. The lowest BCUT2D eigenvalue weighted by molar-refractivity contribution is 0.431. The lowest BCUT2D eigenvalue weighted by Crippen LogP contribution is -2.25. The van der Waals surface area contributed by atoms with Crippen molar-refractivity contribution in [3.05, 3.63) is 36.3 Å². The van der Waals surface area contributed by atoms with Crippen molar-refractivity contribution < 1.29 is 4.42 Å². The second kappa shape index (κ2) is 4.09. The molecule has 0 saturated heterocycles. The zero-order chi connectivity index (χ0) is 8.97. The van der Waals surface area contributed by atoms with Gasteiger partial charge in [-0.25, -0.2) is 5.43 Å². The summed E-state index contributed by atoms with van der Waals surface area (Å²) in [7, 11) is 0. The second-order valence-electron chi connectivity index (χ2n) is 2.54. The van der Waals surface area contributed by atoms with Gasteiger partial charge in [-0.2, -0.15) is 0 Å². The Morgan fingerprint density at radius 1 is 1.75 bits per heavy atom. The molecule has 1 unspecified atom stereocenters. The van der Waals surface area contributed by atoms with Crippen LogP contribution < -0.4 is 11.3 Å².